The molecule has 4 rings (SSSR count). The van der Waals surface area contributed by atoms with E-state index in [-0.39, 0.29) is 23.3 Å². The second-order valence-electron chi connectivity index (χ2n) is 16.6. The molecule has 324 valence electrons. The van der Waals surface area contributed by atoms with Crippen molar-refractivity contribution in [3.05, 3.63) is 46.5 Å². The first-order valence-electron chi connectivity index (χ1n) is 20.8. The lowest BCUT2D eigenvalue weighted by Crippen LogP contribution is -2.63. The summed E-state index contributed by atoms with van der Waals surface area (Å²) in [5, 5.41) is 14.7. The lowest BCUT2D eigenvalue weighted by atomic mass is 9.79. The number of alkyl carbamates (subject to hydrolysis) is 1. The standard InChI is InChI=1S/C44H66ClN3O10/c1-11-12-13-14-15-16-17-18-21-32-39(57-41(51)29(4)47(7)30(5)49)43(6)38(58-43)28(3)35-26-44(53,46-42(52)56-35)36(55-10)22-19-20-27(2)23-31-24-33(48(8)40(32)50)37(45)34(25-31)54-9/h19-20,22,24-25,28-29,32,35-36,38-39,53H,11-18,21,23,26H2,1-10H3,(H,46,52)/b22-19+,27-20+/t28-,29+,32?,35+,36?,38+,39+,43-,44+/m1/s1. The maximum atomic E-state index is 15.1. The molecule has 2 saturated heterocycles. The lowest BCUT2D eigenvalue weighted by Gasteiger charge is -2.42. The second-order valence-corrected chi connectivity index (χ2v) is 16.9. The smallest absolute Gasteiger partial charge is 0.409 e. The highest BCUT2D eigenvalue weighted by Crippen LogP contribution is 2.51. The van der Waals surface area contributed by atoms with Gasteiger partial charge in [0.25, 0.3) is 0 Å². The molecule has 3 aliphatic heterocycles. The fraction of sp³-hybridized carbons (Fsp3) is 0.682. The number of carbonyl (C=O) groups excluding carboxylic acids is 4. The van der Waals surface area contributed by atoms with Crippen LogP contribution in [-0.4, -0.2) is 104 Å². The van der Waals surface area contributed by atoms with Crippen molar-refractivity contribution < 1.29 is 48.0 Å². The molecule has 2 N–H and O–H groups in total. The topological polar surface area (TPSA) is 156 Å². The summed E-state index contributed by atoms with van der Waals surface area (Å²) in [5.74, 6) is -2.40. The number of hydrogen-bond donors (Lipinski definition) is 2. The zero-order chi connectivity index (χ0) is 42.9. The number of ether oxygens (including phenoxy) is 5. The molecule has 13 nitrogen and oxygen atoms in total. The molecule has 2 fully saturated rings. The van der Waals surface area contributed by atoms with Gasteiger partial charge in [-0.3, -0.25) is 14.9 Å². The Labute approximate surface area is 349 Å². The molecule has 1 aromatic rings. The number of amides is 3. The Hall–Kier alpha value is -3.65. The van der Waals surface area contributed by atoms with Crippen molar-refractivity contribution in [2.75, 3.05) is 33.2 Å². The number of benzene rings is 1. The third-order valence-electron chi connectivity index (χ3n) is 12.2. The lowest BCUT2D eigenvalue weighted by molar-refractivity contribution is -0.165. The SMILES string of the molecule is CCCCCCCCCCC1C(=O)N(C)c2cc(cc(OC)c2Cl)C/C(C)=C/C=C/C(OC)[C@@]2(O)C[C@H](OC(=O)N2)[C@@H](C)[C@@H]2O[C@@]2(C)[C@H]1OC(=O)[C@H](C)N(C)C(C)=O. The largest absolute Gasteiger partial charge is 0.495 e. The molecule has 3 amide bonds. The first kappa shape index (κ1) is 47.0. The van der Waals surface area contributed by atoms with Crippen LogP contribution < -0.4 is 15.0 Å². The van der Waals surface area contributed by atoms with Crippen molar-refractivity contribution in [2.24, 2.45) is 11.8 Å². The Morgan fingerprint density at radius 3 is 2.40 bits per heavy atom. The first-order chi connectivity index (χ1) is 27.4. The number of carbonyl (C=O) groups is 4. The van der Waals surface area contributed by atoms with Crippen LogP contribution >= 0.6 is 11.6 Å². The Kier molecular flexibility index (Phi) is 16.7. The third-order valence-corrected chi connectivity index (χ3v) is 12.6. The van der Waals surface area contributed by atoms with Crippen molar-refractivity contribution in [3.8, 4) is 5.75 Å². The molecule has 2 unspecified atom stereocenters. The average Bonchev–Trinajstić information content (AvgIpc) is 3.88. The van der Waals surface area contributed by atoms with Gasteiger partial charge in [-0.05, 0) is 51.3 Å². The summed E-state index contributed by atoms with van der Waals surface area (Å²) in [6.07, 6.45) is 10.1. The Morgan fingerprint density at radius 2 is 1.78 bits per heavy atom. The normalized spacial score (nSPS) is 30.8. The van der Waals surface area contributed by atoms with Crippen LogP contribution in [0.1, 0.15) is 111 Å². The van der Waals surface area contributed by atoms with Crippen LogP contribution in [0.5, 0.6) is 5.75 Å². The summed E-state index contributed by atoms with van der Waals surface area (Å²) < 4.78 is 30.1. The van der Waals surface area contributed by atoms with E-state index in [9.17, 15) is 19.5 Å². The van der Waals surface area contributed by atoms with Crippen molar-refractivity contribution in [2.45, 2.75) is 154 Å². The minimum Gasteiger partial charge on any atom is -0.495 e. The zero-order valence-corrected chi connectivity index (χ0v) is 36.9. The van der Waals surface area contributed by atoms with Gasteiger partial charge in [-0.15, -0.1) is 0 Å². The van der Waals surface area contributed by atoms with E-state index < -0.39 is 65.7 Å². The zero-order valence-electron chi connectivity index (χ0n) is 36.1. The van der Waals surface area contributed by atoms with Gasteiger partial charge in [-0.2, -0.15) is 0 Å². The van der Waals surface area contributed by atoms with Crippen LogP contribution in [-0.2, 0) is 39.8 Å². The van der Waals surface area contributed by atoms with Gasteiger partial charge in [0.15, 0.2) is 5.72 Å². The van der Waals surface area contributed by atoms with Gasteiger partial charge in [-0.1, -0.05) is 101 Å². The molecule has 3 aliphatic rings. The van der Waals surface area contributed by atoms with Crippen molar-refractivity contribution in [1.82, 2.24) is 10.2 Å². The molecule has 14 heteroatoms. The summed E-state index contributed by atoms with van der Waals surface area (Å²) in [7, 11) is 6.14. The number of fused-ring (bicyclic) bond motifs is 5. The van der Waals surface area contributed by atoms with Crippen LogP contribution in [0.4, 0.5) is 10.5 Å². The van der Waals surface area contributed by atoms with Crippen LogP contribution in [0.2, 0.25) is 5.02 Å². The molecule has 58 heavy (non-hydrogen) atoms. The van der Waals surface area contributed by atoms with Gasteiger partial charge >= 0.3 is 12.1 Å². The van der Waals surface area contributed by atoms with Crippen LogP contribution in [0, 0.1) is 11.8 Å². The van der Waals surface area contributed by atoms with E-state index >= 15 is 4.79 Å². The predicted octanol–water partition coefficient (Wildman–Crippen LogP) is 7.29. The van der Waals surface area contributed by atoms with E-state index in [0.717, 1.165) is 36.8 Å². The number of esters is 1. The molecule has 3 heterocycles. The molecule has 0 aliphatic carbocycles. The van der Waals surface area contributed by atoms with Crippen LogP contribution in [0.25, 0.3) is 0 Å². The van der Waals surface area contributed by atoms with E-state index in [1.54, 1.807) is 33.0 Å². The number of hydrogen-bond acceptors (Lipinski definition) is 10. The van der Waals surface area contributed by atoms with Gasteiger partial charge in [0.2, 0.25) is 11.8 Å². The number of rotatable bonds is 14. The fourth-order valence-electron chi connectivity index (χ4n) is 8.31. The summed E-state index contributed by atoms with van der Waals surface area (Å²) >= 11 is 6.96. The minimum absolute atomic E-state index is 0.0419. The van der Waals surface area contributed by atoms with E-state index in [1.807, 2.05) is 32.1 Å². The van der Waals surface area contributed by atoms with Crippen molar-refractivity contribution >= 4 is 41.2 Å². The second kappa shape index (κ2) is 20.5. The number of likely N-dealkylation sites (N-methyl/N-ethyl adjacent to an activating group) is 1. The predicted molar refractivity (Wildman–Crippen MR) is 223 cm³/mol. The number of aliphatic hydroxyl groups is 1. The Bertz CT molecular complexity index is 1690. The van der Waals surface area contributed by atoms with Crippen LogP contribution in [0.3, 0.4) is 0 Å². The average molecular weight is 832 g/mol. The molecule has 9 atom stereocenters. The van der Waals surface area contributed by atoms with Gasteiger partial charge < -0.3 is 38.6 Å². The van der Waals surface area contributed by atoms with Gasteiger partial charge in [0, 0.05) is 40.5 Å². The molecule has 0 spiro atoms. The molecule has 0 radical (unpaired) electrons. The maximum absolute atomic E-state index is 15.1. The number of nitrogens with zero attached hydrogens (tertiary/aromatic N) is 2. The number of halogens is 1. The Balaban J connectivity index is 1.85. The van der Waals surface area contributed by atoms with Gasteiger partial charge in [0.1, 0.15) is 40.7 Å². The third kappa shape index (κ3) is 11.1. The number of allylic oxidation sites excluding steroid dienone is 3. The highest BCUT2D eigenvalue weighted by molar-refractivity contribution is 6.35. The molecule has 1 aromatic carbocycles. The van der Waals surface area contributed by atoms with Crippen LogP contribution in [0.15, 0.2) is 35.9 Å². The number of nitrogens with one attached hydrogen (secondary N) is 1. The monoisotopic (exact) mass is 831 g/mol. The van der Waals surface area contributed by atoms with E-state index in [0.29, 0.717) is 30.7 Å². The van der Waals surface area contributed by atoms with Crippen molar-refractivity contribution in [1.29, 1.82) is 0 Å². The summed E-state index contributed by atoms with van der Waals surface area (Å²) in [6.45, 7) is 10.7. The van der Waals surface area contributed by atoms with E-state index in [1.165, 1.54) is 57.3 Å². The highest BCUT2D eigenvalue weighted by Gasteiger charge is 2.66. The number of anilines is 1. The highest BCUT2D eigenvalue weighted by atomic mass is 35.5. The molecular formula is C44H66ClN3O10. The van der Waals surface area contributed by atoms with Gasteiger partial charge in [-0.25, -0.2) is 9.59 Å². The molecule has 0 aromatic heterocycles. The molecule has 4 bridgehead atoms. The maximum Gasteiger partial charge on any atom is 0.409 e. The van der Waals surface area contributed by atoms with Gasteiger partial charge in [0.05, 0.1) is 24.8 Å². The van der Waals surface area contributed by atoms with Crippen molar-refractivity contribution in [3.63, 3.8) is 0 Å². The quantitative estimate of drug-likeness (QED) is 0.111. The molecular weight excluding hydrogens is 766 g/mol. The number of unbranched alkanes of at least 4 members (excludes halogenated alkanes) is 7. The summed E-state index contributed by atoms with van der Waals surface area (Å²) in [5.41, 5.74) is -0.860. The van der Waals surface area contributed by atoms with E-state index in [2.05, 4.69) is 12.2 Å². The first-order valence-corrected chi connectivity index (χ1v) is 21.1. The summed E-state index contributed by atoms with van der Waals surface area (Å²) in [6, 6.07) is 2.72. The molecule has 0 saturated carbocycles. The van der Waals surface area contributed by atoms with E-state index in [4.69, 9.17) is 35.3 Å². The number of methoxy groups -OCH3 is 2. The summed E-state index contributed by atoms with van der Waals surface area (Å²) in [4.78, 5) is 57.3. The number of epoxide rings is 1. The Morgan fingerprint density at radius 1 is 1.12 bits per heavy atom. The fourth-order valence-corrected chi connectivity index (χ4v) is 8.62. The minimum atomic E-state index is -1.83.